The molecule has 108 valence electrons. The number of imidazole rings is 1. The zero-order valence-corrected chi connectivity index (χ0v) is 11.7. The number of hydrogen-bond acceptors (Lipinski definition) is 3. The fraction of sp³-hybridized carbons (Fsp3) is 0.643. The van der Waals surface area contributed by atoms with E-state index in [9.17, 15) is 9.59 Å². The Morgan fingerprint density at radius 3 is 2.90 bits per heavy atom. The van der Waals surface area contributed by atoms with Crippen molar-refractivity contribution in [3.8, 4) is 0 Å². The standard InChI is InChI=1S/C14H20N4O2/c1-17(9-12-15-6-7-16-12)14(20)11-3-2-8-18(11)13(19)10-4-5-10/h6-7,10-11H,2-5,8-9H2,1H3,(H,15,16). The van der Waals surface area contributed by atoms with Crippen LogP contribution in [-0.4, -0.2) is 51.2 Å². The molecule has 0 radical (unpaired) electrons. The summed E-state index contributed by atoms with van der Waals surface area (Å²) in [5.74, 6) is 1.14. The van der Waals surface area contributed by atoms with Crippen LogP contribution in [0.4, 0.5) is 0 Å². The first-order valence-corrected chi connectivity index (χ1v) is 7.20. The van der Waals surface area contributed by atoms with Crippen molar-refractivity contribution in [1.29, 1.82) is 0 Å². The van der Waals surface area contributed by atoms with Crippen LogP contribution < -0.4 is 0 Å². The molecule has 1 aromatic rings. The van der Waals surface area contributed by atoms with Crippen molar-refractivity contribution >= 4 is 11.8 Å². The summed E-state index contributed by atoms with van der Waals surface area (Å²) in [7, 11) is 1.77. The molecule has 1 aliphatic heterocycles. The SMILES string of the molecule is CN(Cc1ncc[nH]1)C(=O)C1CCCN1C(=O)C1CC1. The van der Waals surface area contributed by atoms with Crippen LogP contribution in [0.2, 0.25) is 0 Å². The number of nitrogens with zero attached hydrogens (tertiary/aromatic N) is 3. The first kappa shape index (κ1) is 13.1. The van der Waals surface area contributed by atoms with Gasteiger partial charge in [0.15, 0.2) is 0 Å². The highest BCUT2D eigenvalue weighted by Gasteiger charge is 2.41. The molecule has 1 saturated heterocycles. The van der Waals surface area contributed by atoms with Crippen LogP contribution in [0.1, 0.15) is 31.5 Å². The van der Waals surface area contributed by atoms with Crippen molar-refractivity contribution in [3.05, 3.63) is 18.2 Å². The number of aromatic nitrogens is 2. The molecule has 1 aromatic heterocycles. The van der Waals surface area contributed by atoms with Gasteiger partial charge in [-0.2, -0.15) is 0 Å². The first-order chi connectivity index (χ1) is 9.66. The summed E-state index contributed by atoms with van der Waals surface area (Å²) in [6, 6.07) is -0.275. The molecule has 2 amide bonds. The second-order valence-corrected chi connectivity index (χ2v) is 5.69. The van der Waals surface area contributed by atoms with Crippen LogP contribution in [0.25, 0.3) is 0 Å². The second-order valence-electron chi connectivity index (χ2n) is 5.69. The van der Waals surface area contributed by atoms with Crippen molar-refractivity contribution in [2.24, 2.45) is 5.92 Å². The number of H-pyrrole nitrogens is 1. The van der Waals surface area contributed by atoms with E-state index >= 15 is 0 Å². The molecule has 0 bridgehead atoms. The molecule has 2 fully saturated rings. The highest BCUT2D eigenvalue weighted by molar-refractivity contribution is 5.89. The number of nitrogens with one attached hydrogen (secondary N) is 1. The summed E-state index contributed by atoms with van der Waals surface area (Å²) in [4.78, 5) is 35.3. The maximum absolute atomic E-state index is 12.5. The lowest BCUT2D eigenvalue weighted by molar-refractivity contribution is -0.144. The van der Waals surface area contributed by atoms with Gasteiger partial charge in [0.05, 0.1) is 6.54 Å². The first-order valence-electron chi connectivity index (χ1n) is 7.20. The van der Waals surface area contributed by atoms with E-state index in [1.54, 1.807) is 29.2 Å². The van der Waals surface area contributed by atoms with Crippen LogP contribution in [0, 0.1) is 5.92 Å². The minimum absolute atomic E-state index is 0.0212. The third kappa shape index (κ3) is 2.55. The van der Waals surface area contributed by atoms with Gasteiger partial charge in [-0.3, -0.25) is 9.59 Å². The smallest absolute Gasteiger partial charge is 0.245 e. The van der Waals surface area contributed by atoms with E-state index in [4.69, 9.17) is 0 Å². The Morgan fingerprint density at radius 1 is 1.45 bits per heavy atom. The van der Waals surface area contributed by atoms with Crippen LogP contribution in [0.15, 0.2) is 12.4 Å². The summed E-state index contributed by atoms with van der Waals surface area (Å²) in [5, 5.41) is 0. The van der Waals surface area contributed by atoms with Crippen molar-refractivity contribution in [2.75, 3.05) is 13.6 Å². The van der Waals surface area contributed by atoms with Gasteiger partial charge in [0.2, 0.25) is 11.8 Å². The Labute approximate surface area is 118 Å². The molecule has 1 atom stereocenters. The zero-order valence-electron chi connectivity index (χ0n) is 11.7. The van der Waals surface area contributed by atoms with Gasteiger partial charge in [0.25, 0.3) is 0 Å². The predicted octanol–water partition coefficient (Wildman–Crippen LogP) is 0.769. The highest BCUT2D eigenvalue weighted by atomic mass is 16.2. The number of carbonyl (C=O) groups excluding carboxylic acids is 2. The number of likely N-dealkylation sites (tertiary alicyclic amines) is 1. The summed E-state index contributed by atoms with van der Waals surface area (Å²) >= 11 is 0. The fourth-order valence-corrected chi connectivity index (χ4v) is 2.79. The third-order valence-corrected chi connectivity index (χ3v) is 4.07. The van der Waals surface area contributed by atoms with Gasteiger partial charge in [-0.1, -0.05) is 0 Å². The molecule has 20 heavy (non-hydrogen) atoms. The van der Waals surface area contributed by atoms with Crippen LogP contribution in [0.3, 0.4) is 0 Å². The van der Waals surface area contributed by atoms with Crippen LogP contribution >= 0.6 is 0 Å². The fourth-order valence-electron chi connectivity index (χ4n) is 2.79. The van der Waals surface area contributed by atoms with Crippen molar-refractivity contribution in [1.82, 2.24) is 19.8 Å². The minimum Gasteiger partial charge on any atom is -0.347 e. The Kier molecular flexibility index (Phi) is 3.46. The van der Waals surface area contributed by atoms with E-state index in [1.165, 1.54) is 0 Å². The van der Waals surface area contributed by atoms with E-state index in [2.05, 4.69) is 9.97 Å². The van der Waals surface area contributed by atoms with Crippen LogP contribution in [0.5, 0.6) is 0 Å². The number of rotatable bonds is 4. The topological polar surface area (TPSA) is 69.3 Å². The average Bonchev–Trinajstić information content (AvgIpc) is 2.97. The number of aromatic amines is 1. The Morgan fingerprint density at radius 2 is 2.25 bits per heavy atom. The van der Waals surface area contributed by atoms with E-state index < -0.39 is 0 Å². The quantitative estimate of drug-likeness (QED) is 0.883. The van der Waals surface area contributed by atoms with Crippen molar-refractivity contribution in [2.45, 2.75) is 38.3 Å². The lowest BCUT2D eigenvalue weighted by Gasteiger charge is -2.27. The summed E-state index contributed by atoms with van der Waals surface area (Å²) < 4.78 is 0. The van der Waals surface area contributed by atoms with Crippen LogP contribution in [-0.2, 0) is 16.1 Å². The van der Waals surface area contributed by atoms with Gasteiger partial charge in [-0.25, -0.2) is 4.98 Å². The molecule has 0 spiro atoms. The second kappa shape index (κ2) is 5.26. The summed E-state index contributed by atoms with van der Waals surface area (Å²) in [5.41, 5.74) is 0. The Hall–Kier alpha value is -1.85. The van der Waals surface area contributed by atoms with Crippen molar-refractivity contribution < 1.29 is 9.59 Å². The lowest BCUT2D eigenvalue weighted by Crippen LogP contribution is -2.46. The molecule has 0 aromatic carbocycles. The maximum Gasteiger partial charge on any atom is 0.245 e. The highest BCUT2D eigenvalue weighted by Crippen LogP contribution is 2.34. The lowest BCUT2D eigenvalue weighted by atomic mass is 10.2. The van der Waals surface area contributed by atoms with Gasteiger partial charge in [0, 0.05) is 31.9 Å². The van der Waals surface area contributed by atoms with Crippen molar-refractivity contribution in [3.63, 3.8) is 0 Å². The number of hydrogen-bond donors (Lipinski definition) is 1. The van der Waals surface area contributed by atoms with Gasteiger partial charge in [-0.05, 0) is 25.7 Å². The van der Waals surface area contributed by atoms with Gasteiger partial charge >= 0.3 is 0 Å². The molecule has 1 aliphatic carbocycles. The molecule has 6 heteroatoms. The molecule has 1 saturated carbocycles. The molecule has 2 aliphatic rings. The van der Waals surface area contributed by atoms with E-state index in [1.807, 2.05) is 0 Å². The Bertz CT molecular complexity index is 495. The van der Waals surface area contributed by atoms with E-state index in [0.29, 0.717) is 6.54 Å². The summed E-state index contributed by atoms with van der Waals surface area (Å²) in [6.07, 6.45) is 7.08. The minimum atomic E-state index is -0.275. The maximum atomic E-state index is 12.5. The molecular formula is C14H20N4O2. The monoisotopic (exact) mass is 276 g/mol. The molecule has 2 heterocycles. The molecule has 6 nitrogen and oxygen atoms in total. The molecular weight excluding hydrogens is 256 g/mol. The third-order valence-electron chi connectivity index (χ3n) is 4.07. The largest absolute Gasteiger partial charge is 0.347 e. The Balaban J connectivity index is 1.64. The van der Waals surface area contributed by atoms with E-state index in [-0.39, 0.29) is 23.8 Å². The van der Waals surface area contributed by atoms with Gasteiger partial charge < -0.3 is 14.8 Å². The molecule has 3 rings (SSSR count). The van der Waals surface area contributed by atoms with E-state index in [0.717, 1.165) is 38.1 Å². The summed E-state index contributed by atoms with van der Waals surface area (Å²) in [6.45, 7) is 1.17. The number of carbonyl (C=O) groups is 2. The average molecular weight is 276 g/mol. The molecule has 1 N–H and O–H groups in total. The number of amides is 2. The van der Waals surface area contributed by atoms with Gasteiger partial charge in [-0.15, -0.1) is 0 Å². The normalized spacial score (nSPS) is 22.1. The molecule has 1 unspecified atom stereocenters. The zero-order chi connectivity index (χ0) is 14.1. The van der Waals surface area contributed by atoms with Gasteiger partial charge in [0.1, 0.15) is 11.9 Å². The predicted molar refractivity (Wildman–Crippen MR) is 72.5 cm³/mol. The number of likely N-dealkylation sites (N-methyl/N-ethyl adjacent to an activating group) is 1.